The highest BCUT2D eigenvalue weighted by molar-refractivity contribution is 7.99. The number of amides is 1. The number of benzene rings is 2. The molecule has 3 aromatic rings. The van der Waals surface area contributed by atoms with E-state index in [1.165, 1.54) is 37.4 Å². The summed E-state index contributed by atoms with van der Waals surface area (Å²) < 4.78 is 32.5. The maximum absolute atomic E-state index is 13.1. The van der Waals surface area contributed by atoms with Gasteiger partial charge in [-0.05, 0) is 48.7 Å². The van der Waals surface area contributed by atoms with Gasteiger partial charge in [-0.3, -0.25) is 4.79 Å². The summed E-state index contributed by atoms with van der Waals surface area (Å²) in [6.45, 7) is -0.292. The molecule has 0 unspecified atom stereocenters. The Morgan fingerprint density at radius 1 is 1.23 bits per heavy atom. The van der Waals surface area contributed by atoms with Crippen molar-refractivity contribution in [2.75, 3.05) is 24.4 Å². The molecule has 0 saturated carbocycles. The lowest BCUT2D eigenvalue weighted by Gasteiger charge is -2.09. The Morgan fingerprint density at radius 2 is 1.90 bits per heavy atom. The molecule has 1 aromatic heterocycles. The zero-order chi connectivity index (χ0) is 22.8. The molecule has 3 rings (SSSR count). The van der Waals surface area contributed by atoms with Crippen molar-refractivity contribution < 1.29 is 17.9 Å². The van der Waals surface area contributed by atoms with Crippen LogP contribution in [0.5, 0.6) is 5.75 Å². The fourth-order valence-electron chi connectivity index (χ4n) is 2.75. The molecule has 1 amide bonds. The molecule has 12 heteroatoms. The van der Waals surface area contributed by atoms with E-state index in [4.69, 9.17) is 33.7 Å². The Kier molecular flexibility index (Phi) is 7.05. The second-order valence-electron chi connectivity index (χ2n) is 6.24. The maximum atomic E-state index is 13.1. The zero-order valence-corrected chi connectivity index (χ0v) is 19.6. The third-order valence-corrected chi connectivity index (χ3v) is 7.41. The van der Waals surface area contributed by atoms with E-state index in [2.05, 4.69) is 10.4 Å². The summed E-state index contributed by atoms with van der Waals surface area (Å²) >= 11 is 13.0. The highest BCUT2D eigenvalue weighted by Crippen LogP contribution is 2.34. The number of anilines is 2. The number of nitrogen functional groups attached to an aromatic ring is 1. The average molecular weight is 501 g/mol. The van der Waals surface area contributed by atoms with Crippen molar-refractivity contribution in [3.05, 3.63) is 52.5 Å². The average Bonchev–Trinajstić information content (AvgIpc) is 3.04. The van der Waals surface area contributed by atoms with Gasteiger partial charge in [0.1, 0.15) is 28.0 Å². The van der Waals surface area contributed by atoms with Crippen LogP contribution >= 0.6 is 35.0 Å². The Morgan fingerprint density at radius 3 is 2.48 bits per heavy atom. The SMILES string of the molecule is COc1ccc(NC(=O)Cn2nc(SC)c(S(=O)(=O)c3ccc(Cl)cc3)c2N)cc1Cl. The van der Waals surface area contributed by atoms with Crippen LogP contribution in [0.15, 0.2) is 57.3 Å². The minimum atomic E-state index is -3.97. The van der Waals surface area contributed by atoms with Crippen LogP contribution < -0.4 is 15.8 Å². The molecule has 0 radical (unpaired) electrons. The van der Waals surface area contributed by atoms with Gasteiger partial charge in [-0.2, -0.15) is 5.10 Å². The highest BCUT2D eigenvalue weighted by Gasteiger charge is 2.29. The van der Waals surface area contributed by atoms with E-state index >= 15 is 0 Å². The van der Waals surface area contributed by atoms with Crippen LogP contribution in [0.1, 0.15) is 0 Å². The normalized spacial score (nSPS) is 11.4. The fraction of sp³-hybridized carbons (Fsp3) is 0.158. The van der Waals surface area contributed by atoms with E-state index in [9.17, 15) is 13.2 Å². The van der Waals surface area contributed by atoms with Gasteiger partial charge in [0.15, 0.2) is 0 Å². The summed E-state index contributed by atoms with van der Waals surface area (Å²) in [6.07, 6.45) is 1.67. The quantitative estimate of drug-likeness (QED) is 0.471. The minimum Gasteiger partial charge on any atom is -0.495 e. The van der Waals surface area contributed by atoms with Crippen LogP contribution in [0.3, 0.4) is 0 Å². The van der Waals surface area contributed by atoms with Gasteiger partial charge in [0, 0.05) is 10.7 Å². The number of rotatable bonds is 7. The van der Waals surface area contributed by atoms with Gasteiger partial charge < -0.3 is 15.8 Å². The molecule has 31 heavy (non-hydrogen) atoms. The standard InChI is InChI=1S/C19H18Cl2N4O4S2/c1-29-15-8-5-12(9-14(15)21)23-16(26)10-25-18(22)17(19(24-25)30-2)31(27,28)13-6-3-11(20)4-7-13/h3-9H,10,22H2,1-2H3,(H,23,26). The van der Waals surface area contributed by atoms with Crippen molar-refractivity contribution in [2.24, 2.45) is 0 Å². The van der Waals surface area contributed by atoms with E-state index in [0.717, 1.165) is 16.4 Å². The molecule has 0 saturated heterocycles. The molecular formula is C19H18Cl2N4O4S2. The molecule has 3 N–H and O–H groups in total. The minimum absolute atomic E-state index is 0.0239. The summed E-state index contributed by atoms with van der Waals surface area (Å²) in [4.78, 5) is 12.4. The number of halogens is 2. The van der Waals surface area contributed by atoms with Gasteiger partial charge in [-0.1, -0.05) is 23.2 Å². The molecule has 0 fully saturated rings. The summed E-state index contributed by atoms with van der Waals surface area (Å²) in [5.74, 6) is -0.126. The molecule has 0 spiro atoms. The molecule has 0 aliphatic heterocycles. The molecule has 2 aromatic carbocycles. The van der Waals surface area contributed by atoms with Gasteiger partial charge in [0.2, 0.25) is 15.7 Å². The van der Waals surface area contributed by atoms with Crippen LogP contribution in [-0.2, 0) is 21.2 Å². The third kappa shape index (κ3) is 4.93. The fourth-order valence-corrected chi connectivity index (χ4v) is 5.57. The summed E-state index contributed by atoms with van der Waals surface area (Å²) in [7, 11) is -2.48. The largest absolute Gasteiger partial charge is 0.495 e. The summed E-state index contributed by atoms with van der Waals surface area (Å²) in [5, 5.41) is 7.80. The second kappa shape index (κ2) is 9.39. The van der Waals surface area contributed by atoms with E-state index in [0.29, 0.717) is 21.5 Å². The van der Waals surface area contributed by atoms with Crippen LogP contribution in [0.25, 0.3) is 0 Å². The first-order chi connectivity index (χ1) is 14.7. The number of nitrogens with one attached hydrogen (secondary N) is 1. The number of nitrogens with zero attached hydrogens (tertiary/aromatic N) is 2. The predicted octanol–water partition coefficient (Wildman–Crippen LogP) is 3.97. The summed E-state index contributed by atoms with van der Waals surface area (Å²) in [6, 6.07) is 10.5. The van der Waals surface area contributed by atoms with Crippen LogP contribution in [0, 0.1) is 0 Å². The molecular weight excluding hydrogens is 483 g/mol. The number of carbonyl (C=O) groups is 1. The topological polar surface area (TPSA) is 116 Å². The molecule has 0 bridgehead atoms. The molecule has 164 valence electrons. The number of ether oxygens (including phenoxy) is 1. The first kappa shape index (κ1) is 23.3. The lowest BCUT2D eigenvalue weighted by molar-refractivity contribution is -0.116. The highest BCUT2D eigenvalue weighted by atomic mass is 35.5. The Hall–Kier alpha value is -2.40. The number of methoxy groups -OCH3 is 1. The number of carbonyl (C=O) groups excluding carboxylic acids is 1. The second-order valence-corrected chi connectivity index (χ2v) is 9.76. The number of thioether (sulfide) groups is 1. The van der Waals surface area contributed by atoms with Crippen molar-refractivity contribution in [3.8, 4) is 5.75 Å². The maximum Gasteiger partial charge on any atom is 0.246 e. The molecule has 8 nitrogen and oxygen atoms in total. The molecule has 0 atom stereocenters. The van der Waals surface area contributed by atoms with Crippen LogP contribution in [0.4, 0.5) is 11.5 Å². The molecule has 1 heterocycles. The monoisotopic (exact) mass is 500 g/mol. The Balaban J connectivity index is 1.88. The van der Waals surface area contributed by atoms with Gasteiger partial charge >= 0.3 is 0 Å². The lowest BCUT2D eigenvalue weighted by atomic mass is 10.3. The Bertz CT molecular complexity index is 1230. The van der Waals surface area contributed by atoms with Crippen LogP contribution in [-0.4, -0.2) is 37.5 Å². The number of hydrogen-bond acceptors (Lipinski definition) is 7. The number of hydrogen-bond donors (Lipinski definition) is 2. The van der Waals surface area contributed by atoms with Gasteiger partial charge in [-0.15, -0.1) is 11.8 Å². The van der Waals surface area contributed by atoms with E-state index in [1.54, 1.807) is 18.4 Å². The number of aromatic nitrogens is 2. The van der Waals surface area contributed by atoms with E-state index in [-0.39, 0.29) is 27.2 Å². The van der Waals surface area contributed by atoms with Crippen molar-refractivity contribution in [1.82, 2.24) is 9.78 Å². The smallest absolute Gasteiger partial charge is 0.246 e. The zero-order valence-electron chi connectivity index (χ0n) is 16.4. The number of nitrogens with two attached hydrogens (primary N) is 1. The number of sulfone groups is 1. The molecule has 0 aliphatic carbocycles. The van der Waals surface area contributed by atoms with Gasteiger partial charge in [0.25, 0.3) is 0 Å². The lowest BCUT2D eigenvalue weighted by Crippen LogP contribution is -2.21. The van der Waals surface area contributed by atoms with E-state index < -0.39 is 15.7 Å². The van der Waals surface area contributed by atoms with Gasteiger partial charge in [0.05, 0.1) is 17.0 Å². The van der Waals surface area contributed by atoms with Crippen molar-refractivity contribution >= 4 is 62.2 Å². The van der Waals surface area contributed by atoms with Crippen molar-refractivity contribution in [3.63, 3.8) is 0 Å². The van der Waals surface area contributed by atoms with Crippen molar-refractivity contribution in [2.45, 2.75) is 21.4 Å². The summed E-state index contributed by atoms with van der Waals surface area (Å²) in [5.41, 5.74) is 6.55. The molecule has 0 aliphatic rings. The first-order valence-electron chi connectivity index (χ1n) is 8.71. The van der Waals surface area contributed by atoms with Gasteiger partial charge in [-0.25, -0.2) is 13.1 Å². The van der Waals surface area contributed by atoms with Crippen molar-refractivity contribution in [1.29, 1.82) is 0 Å². The predicted molar refractivity (Wildman–Crippen MR) is 122 cm³/mol. The Labute approximate surface area is 193 Å². The third-order valence-electron chi connectivity index (χ3n) is 4.23. The van der Waals surface area contributed by atoms with E-state index in [1.807, 2.05) is 0 Å². The first-order valence-corrected chi connectivity index (χ1v) is 12.2. The van der Waals surface area contributed by atoms with Crippen LogP contribution in [0.2, 0.25) is 10.0 Å².